The van der Waals surface area contributed by atoms with Crippen molar-refractivity contribution in [2.24, 2.45) is 0 Å². The van der Waals surface area contributed by atoms with Gasteiger partial charge in [-0.1, -0.05) is 0 Å². The van der Waals surface area contributed by atoms with Gasteiger partial charge in [-0.15, -0.1) is 0 Å². The summed E-state index contributed by atoms with van der Waals surface area (Å²) in [6.45, 7) is -0.664. The van der Waals surface area contributed by atoms with Gasteiger partial charge in [-0.05, 0) is 0 Å². The Morgan fingerprint density at radius 2 is 0.568 bits per heavy atom. The van der Waals surface area contributed by atoms with Crippen molar-refractivity contribution in [3.05, 3.63) is 0 Å². The molecule has 22 heteroatoms. The minimum absolute atomic E-state index is 0.00413. The fraction of sp³-hybridized carbons (Fsp3) is 1.00. The molecule has 0 saturated heterocycles. The first-order valence-electron chi connectivity index (χ1n) is 12.6. The number of hydrogen-bond donors (Lipinski definition) is 1. The quantitative estimate of drug-likeness (QED) is 0.0974. The van der Waals surface area contributed by atoms with Crippen LogP contribution in [-0.4, -0.2) is 147 Å². The molecule has 44 heavy (non-hydrogen) atoms. The molecule has 0 aliphatic carbocycles. The molecule has 0 unspecified atom stereocenters. The summed E-state index contributed by atoms with van der Waals surface area (Å²) in [5.41, 5.74) is 0. The van der Waals surface area contributed by atoms with Gasteiger partial charge in [-0.25, -0.2) is 0 Å². The van der Waals surface area contributed by atoms with Gasteiger partial charge in [0, 0.05) is 0 Å². The maximum atomic E-state index is 13.5. The van der Waals surface area contributed by atoms with Gasteiger partial charge in [0.15, 0.2) is 0 Å². The molecule has 0 spiro atoms. The number of halogens is 13. The van der Waals surface area contributed by atoms with E-state index < -0.39 is 55.8 Å². The van der Waals surface area contributed by atoms with Crippen LogP contribution in [0.15, 0.2) is 0 Å². The van der Waals surface area contributed by atoms with Crippen LogP contribution in [0.3, 0.4) is 0 Å². The van der Waals surface area contributed by atoms with Crippen LogP contribution in [0.4, 0.5) is 57.1 Å². The van der Waals surface area contributed by atoms with E-state index in [0.29, 0.717) is 33.0 Å². The van der Waals surface area contributed by atoms with Gasteiger partial charge in [0.1, 0.15) is 0 Å². The third kappa shape index (κ3) is 13.2. The molecule has 0 radical (unpaired) electrons. The number of ether oxygens (including phenoxy) is 8. The van der Waals surface area contributed by atoms with Crippen molar-refractivity contribution >= 4 is 0 Å². The molecule has 266 valence electrons. The van der Waals surface area contributed by atoms with Crippen molar-refractivity contribution in [2.45, 2.75) is 36.0 Å². The Hall–Kier alpha value is -1.27. The predicted octanol–water partition coefficient (Wildman–Crippen LogP) is 3.81. The largest absolute Gasteiger partial charge is 0.460 e. The van der Waals surface area contributed by atoms with Crippen LogP contribution < -0.4 is 0 Å². The van der Waals surface area contributed by atoms with Crippen molar-refractivity contribution in [2.75, 3.05) is 106 Å². The van der Waals surface area contributed by atoms with Crippen molar-refractivity contribution in [1.29, 1.82) is 0 Å². The van der Waals surface area contributed by atoms with Crippen LogP contribution >= 0.6 is 0 Å². The van der Waals surface area contributed by atoms with Gasteiger partial charge < -0.3 is 43.0 Å². The summed E-state index contributed by atoms with van der Waals surface area (Å²) in [6.07, 6.45) is -14.1. The number of hydrogen-bond acceptors (Lipinski definition) is 9. The van der Waals surface area contributed by atoms with Crippen LogP contribution in [0.1, 0.15) is 0 Å². The average molecular weight is 688 g/mol. The molecule has 0 aromatic carbocycles. The number of aliphatic hydroxyl groups is 1. The Balaban J connectivity index is 3.96. The SMILES string of the molecule is OCCOCCOCCOCCOCCOCCOCCOCCOC(F)(F)C(F)(F)C(F)(F)C(F)(F)C(F)(F)C(F)(F)F. The van der Waals surface area contributed by atoms with E-state index >= 15 is 0 Å². The van der Waals surface area contributed by atoms with Gasteiger partial charge in [0.05, 0.1) is 106 Å². The fourth-order valence-corrected chi connectivity index (χ4v) is 2.56. The van der Waals surface area contributed by atoms with E-state index in [1.807, 2.05) is 0 Å². The van der Waals surface area contributed by atoms with E-state index in [2.05, 4.69) is 9.47 Å². The molecule has 0 aromatic heterocycles. The summed E-state index contributed by atoms with van der Waals surface area (Å²) in [5.74, 6) is -31.2. The highest BCUT2D eigenvalue weighted by molar-refractivity contribution is 5.08. The van der Waals surface area contributed by atoms with Crippen LogP contribution in [0.5, 0.6) is 0 Å². The Labute approximate surface area is 242 Å². The van der Waals surface area contributed by atoms with Crippen molar-refractivity contribution in [1.82, 2.24) is 0 Å². The molecule has 0 bridgehead atoms. The van der Waals surface area contributed by atoms with E-state index in [-0.39, 0.29) is 52.9 Å². The molecule has 0 saturated carbocycles. The van der Waals surface area contributed by atoms with Crippen molar-refractivity contribution < 1.29 is 100 Å². The fourth-order valence-electron chi connectivity index (χ4n) is 2.56. The maximum absolute atomic E-state index is 13.5. The molecule has 1 N–H and O–H groups in total. The Bertz CT molecular complexity index is 745. The minimum atomic E-state index is -7.98. The second-order valence-electron chi connectivity index (χ2n) is 8.17. The molecule has 0 aromatic rings. The first-order chi connectivity index (χ1) is 20.3. The summed E-state index contributed by atoms with van der Waals surface area (Å²) in [4.78, 5) is 0. The Morgan fingerprint density at radius 1 is 0.318 bits per heavy atom. The highest BCUT2D eigenvalue weighted by Gasteiger charge is 2.91. The highest BCUT2D eigenvalue weighted by atomic mass is 19.4. The van der Waals surface area contributed by atoms with Crippen LogP contribution in [0, 0.1) is 0 Å². The number of rotatable bonds is 28. The smallest absolute Gasteiger partial charge is 0.394 e. The zero-order chi connectivity index (χ0) is 34.0. The van der Waals surface area contributed by atoms with E-state index in [4.69, 9.17) is 33.5 Å². The highest BCUT2D eigenvalue weighted by Crippen LogP contribution is 2.60. The van der Waals surface area contributed by atoms with Crippen molar-refractivity contribution in [3.8, 4) is 0 Å². The topological polar surface area (TPSA) is 94.1 Å². The second-order valence-corrected chi connectivity index (χ2v) is 8.17. The lowest BCUT2D eigenvalue weighted by Crippen LogP contribution is -2.70. The van der Waals surface area contributed by atoms with Gasteiger partial charge in [0.25, 0.3) is 0 Å². The molecular formula is C22H33F13O9. The number of alkyl halides is 13. The van der Waals surface area contributed by atoms with Gasteiger partial charge in [-0.2, -0.15) is 57.1 Å². The molecule has 0 fully saturated rings. The third-order valence-electron chi connectivity index (χ3n) is 4.88. The lowest BCUT2D eigenvalue weighted by atomic mass is 9.97. The van der Waals surface area contributed by atoms with Crippen LogP contribution in [0.25, 0.3) is 0 Å². The normalized spacial score (nSPS) is 14.0. The molecule has 0 rings (SSSR count). The van der Waals surface area contributed by atoms with Crippen LogP contribution in [0.2, 0.25) is 0 Å². The van der Waals surface area contributed by atoms with E-state index in [1.165, 1.54) is 0 Å². The van der Waals surface area contributed by atoms with E-state index in [0.717, 1.165) is 0 Å². The monoisotopic (exact) mass is 688 g/mol. The molecule has 0 aliphatic rings. The van der Waals surface area contributed by atoms with Crippen LogP contribution in [-0.2, 0) is 37.9 Å². The first-order valence-corrected chi connectivity index (χ1v) is 12.6. The molecule has 0 atom stereocenters. The first kappa shape index (κ1) is 42.7. The van der Waals surface area contributed by atoms with Gasteiger partial charge >= 0.3 is 36.0 Å². The van der Waals surface area contributed by atoms with E-state index in [1.54, 1.807) is 0 Å². The summed E-state index contributed by atoms with van der Waals surface area (Å²) in [6, 6.07) is 0. The summed E-state index contributed by atoms with van der Waals surface area (Å²) in [5, 5.41) is 8.51. The zero-order valence-electron chi connectivity index (χ0n) is 22.9. The average Bonchev–Trinajstić information content (AvgIpc) is 2.92. The molecule has 0 heterocycles. The molecule has 0 amide bonds. The molecule has 9 nitrogen and oxygen atoms in total. The Kier molecular flexibility index (Phi) is 19.5. The van der Waals surface area contributed by atoms with E-state index in [9.17, 15) is 57.1 Å². The lowest BCUT2D eigenvalue weighted by Gasteiger charge is -2.39. The summed E-state index contributed by atoms with van der Waals surface area (Å²) in [7, 11) is 0. The molecular weight excluding hydrogens is 655 g/mol. The predicted molar refractivity (Wildman–Crippen MR) is 120 cm³/mol. The lowest BCUT2D eigenvalue weighted by molar-refractivity contribution is -0.466. The van der Waals surface area contributed by atoms with Gasteiger partial charge in [-0.3, -0.25) is 0 Å². The minimum Gasteiger partial charge on any atom is -0.394 e. The summed E-state index contributed by atoms with van der Waals surface area (Å²) < 4.78 is 207. The zero-order valence-corrected chi connectivity index (χ0v) is 22.9. The van der Waals surface area contributed by atoms with Crippen molar-refractivity contribution in [3.63, 3.8) is 0 Å². The second kappa shape index (κ2) is 20.1. The maximum Gasteiger partial charge on any atom is 0.460 e. The molecule has 0 aliphatic heterocycles. The standard InChI is InChI=1S/C22H33F13O9/c23-17(24,19(27,28)21(31,32)33)18(25,26)20(29,30)22(34,35)44-16-15-43-14-13-42-12-11-41-10-9-40-8-7-39-6-5-38-4-3-37-2-1-36/h36H,1-16H2. The third-order valence-corrected chi connectivity index (χ3v) is 4.88. The number of aliphatic hydroxyl groups excluding tert-OH is 1. The summed E-state index contributed by atoms with van der Waals surface area (Å²) >= 11 is 0. The Morgan fingerprint density at radius 3 is 0.841 bits per heavy atom. The van der Waals surface area contributed by atoms with Gasteiger partial charge in [0.2, 0.25) is 0 Å².